The fraction of sp³-hybridized carbons (Fsp3) is 0.130. The van der Waals surface area contributed by atoms with Crippen molar-refractivity contribution in [3.63, 3.8) is 0 Å². The molecule has 32 heavy (non-hydrogen) atoms. The zero-order chi connectivity index (χ0) is 22.4. The number of nitro benzene ring substituents is 1. The minimum Gasteiger partial charge on any atom is -0.273 e. The second-order valence-electron chi connectivity index (χ2n) is 7.50. The van der Waals surface area contributed by atoms with E-state index in [-0.39, 0.29) is 5.69 Å². The Morgan fingerprint density at radius 2 is 1.59 bits per heavy atom. The van der Waals surface area contributed by atoms with Gasteiger partial charge in [-0.2, -0.15) is 0 Å². The molecule has 0 aromatic heterocycles. The van der Waals surface area contributed by atoms with Crippen LogP contribution in [0.15, 0.2) is 78.9 Å². The number of carbonyl (C=O) groups is 2. The minimum atomic E-state index is -1.05. The van der Waals surface area contributed by atoms with E-state index in [1.165, 1.54) is 17.2 Å². The molecule has 0 spiro atoms. The van der Waals surface area contributed by atoms with Gasteiger partial charge in [-0.1, -0.05) is 41.9 Å². The van der Waals surface area contributed by atoms with Gasteiger partial charge in [0.1, 0.15) is 5.92 Å². The number of para-hydroxylation sites is 1. The molecule has 0 saturated carbocycles. The van der Waals surface area contributed by atoms with Gasteiger partial charge in [-0.05, 0) is 42.0 Å². The van der Waals surface area contributed by atoms with Crippen LogP contribution in [-0.4, -0.2) is 22.8 Å². The quantitative estimate of drug-likeness (QED) is 0.335. The number of benzene rings is 3. The first-order chi connectivity index (χ1) is 15.5. The molecule has 3 aromatic carbocycles. The zero-order valence-corrected chi connectivity index (χ0v) is 17.3. The first-order valence-electron chi connectivity index (χ1n) is 9.84. The lowest BCUT2D eigenvalue weighted by atomic mass is 9.90. The molecule has 2 amide bonds. The molecule has 160 valence electrons. The monoisotopic (exact) mass is 449 g/mol. The smallest absolute Gasteiger partial charge is 0.269 e. The number of imide groups is 1. The lowest BCUT2D eigenvalue weighted by Crippen LogP contribution is -2.37. The summed E-state index contributed by atoms with van der Waals surface area (Å²) in [5, 5.41) is 13.3. The highest BCUT2D eigenvalue weighted by Gasteiger charge is 2.60. The number of hydrogen-bond acceptors (Lipinski definition) is 6. The number of hydroxylamine groups is 1. The Balaban J connectivity index is 1.60. The van der Waals surface area contributed by atoms with Gasteiger partial charge in [0.05, 0.1) is 22.3 Å². The molecular formula is C23H16ClN3O5. The van der Waals surface area contributed by atoms with Crippen LogP contribution in [0.2, 0.25) is 5.02 Å². The van der Waals surface area contributed by atoms with Crippen molar-refractivity contribution in [1.82, 2.24) is 0 Å². The molecule has 0 N–H and O–H groups in total. The van der Waals surface area contributed by atoms with Gasteiger partial charge < -0.3 is 0 Å². The van der Waals surface area contributed by atoms with Gasteiger partial charge in [0.25, 0.3) is 11.6 Å². The van der Waals surface area contributed by atoms with E-state index < -0.39 is 34.8 Å². The zero-order valence-electron chi connectivity index (χ0n) is 16.5. The average Bonchev–Trinajstić information content (AvgIpc) is 3.31. The minimum absolute atomic E-state index is 0.106. The third-order valence-corrected chi connectivity index (χ3v) is 5.89. The molecule has 5 rings (SSSR count). The first-order valence-corrected chi connectivity index (χ1v) is 10.2. The molecule has 3 aromatic rings. The number of fused-ring (bicyclic) bond motifs is 1. The van der Waals surface area contributed by atoms with Crippen LogP contribution < -0.4 is 9.96 Å². The third-order valence-electron chi connectivity index (χ3n) is 5.63. The number of hydrogen-bond donors (Lipinski definition) is 0. The van der Waals surface area contributed by atoms with Crippen molar-refractivity contribution in [3.05, 3.63) is 99.6 Å². The lowest BCUT2D eigenvalue weighted by Gasteiger charge is -2.28. The van der Waals surface area contributed by atoms with Crippen molar-refractivity contribution in [3.8, 4) is 0 Å². The average molecular weight is 450 g/mol. The summed E-state index contributed by atoms with van der Waals surface area (Å²) < 4.78 is 0. The maximum Gasteiger partial charge on any atom is 0.269 e. The highest BCUT2D eigenvalue weighted by molar-refractivity contribution is 6.31. The molecule has 2 heterocycles. The topological polar surface area (TPSA) is 93.0 Å². The van der Waals surface area contributed by atoms with E-state index in [0.717, 1.165) is 4.90 Å². The Labute approximate surface area is 187 Å². The Kier molecular flexibility index (Phi) is 4.88. The second-order valence-corrected chi connectivity index (χ2v) is 7.93. The van der Waals surface area contributed by atoms with Crippen LogP contribution in [0.4, 0.5) is 17.1 Å². The van der Waals surface area contributed by atoms with E-state index in [1.54, 1.807) is 60.7 Å². The van der Waals surface area contributed by atoms with Crippen molar-refractivity contribution < 1.29 is 19.3 Å². The Morgan fingerprint density at radius 1 is 0.875 bits per heavy atom. The fourth-order valence-electron chi connectivity index (χ4n) is 4.22. The van der Waals surface area contributed by atoms with Gasteiger partial charge in [0, 0.05) is 17.2 Å². The number of rotatable bonds is 4. The first kappa shape index (κ1) is 20.2. The summed E-state index contributed by atoms with van der Waals surface area (Å²) in [7, 11) is 0. The number of carbonyl (C=O) groups excluding carboxylic acids is 2. The molecule has 0 aliphatic carbocycles. The number of non-ortho nitro benzene ring substituents is 1. The van der Waals surface area contributed by atoms with Crippen molar-refractivity contribution in [2.45, 2.75) is 12.1 Å². The largest absolute Gasteiger partial charge is 0.273 e. The Hall–Kier alpha value is -3.75. The van der Waals surface area contributed by atoms with Gasteiger partial charge in [0.2, 0.25) is 5.91 Å². The van der Waals surface area contributed by atoms with Crippen LogP contribution >= 0.6 is 11.6 Å². The molecule has 0 bridgehead atoms. The molecule has 9 heteroatoms. The van der Waals surface area contributed by atoms with E-state index in [0.29, 0.717) is 22.0 Å². The summed E-state index contributed by atoms with van der Waals surface area (Å²) in [6.45, 7) is 0. The normalized spacial score (nSPS) is 22.3. The molecule has 0 radical (unpaired) electrons. The summed E-state index contributed by atoms with van der Waals surface area (Å²) in [5.74, 6) is -1.80. The fourth-order valence-corrected chi connectivity index (χ4v) is 4.35. The molecule has 0 unspecified atom stereocenters. The standard InChI is InChI=1S/C23H16ClN3O5/c24-15-9-11-16(12-10-15)25-22(28)19-20(14-5-4-8-18(13-14)27(30)31)26(32-21(19)23(25)29)17-6-2-1-3-7-17/h1-13,19-21H/t19-,20-,21-/m1/s1. The maximum absolute atomic E-state index is 13.5. The van der Waals surface area contributed by atoms with Crippen molar-refractivity contribution >= 4 is 40.5 Å². The van der Waals surface area contributed by atoms with Gasteiger partial charge in [-0.25, -0.2) is 9.96 Å². The number of amides is 2. The second kappa shape index (κ2) is 7.74. The van der Waals surface area contributed by atoms with Crippen LogP contribution in [0.1, 0.15) is 11.6 Å². The number of nitrogens with zero attached hydrogens (tertiary/aromatic N) is 3. The summed E-state index contributed by atoms with van der Waals surface area (Å²) >= 11 is 5.94. The Bertz CT molecular complexity index is 1220. The van der Waals surface area contributed by atoms with Gasteiger partial charge in [0.15, 0.2) is 6.10 Å². The van der Waals surface area contributed by atoms with Gasteiger partial charge >= 0.3 is 0 Å². The molecule has 8 nitrogen and oxygen atoms in total. The lowest BCUT2D eigenvalue weighted by molar-refractivity contribution is -0.384. The van der Waals surface area contributed by atoms with Crippen molar-refractivity contribution in [2.24, 2.45) is 5.92 Å². The predicted molar refractivity (Wildman–Crippen MR) is 117 cm³/mol. The van der Waals surface area contributed by atoms with Crippen molar-refractivity contribution in [1.29, 1.82) is 0 Å². The third kappa shape index (κ3) is 3.21. The van der Waals surface area contributed by atoms with Crippen LogP contribution in [0.5, 0.6) is 0 Å². The number of anilines is 2. The van der Waals surface area contributed by atoms with E-state index in [4.69, 9.17) is 16.4 Å². The molecule has 2 aliphatic heterocycles. The highest BCUT2D eigenvalue weighted by Crippen LogP contribution is 2.48. The summed E-state index contributed by atoms with van der Waals surface area (Å²) in [5.41, 5.74) is 1.43. The van der Waals surface area contributed by atoms with E-state index in [9.17, 15) is 19.7 Å². The van der Waals surface area contributed by atoms with Gasteiger partial charge in [-0.15, -0.1) is 0 Å². The summed E-state index contributed by atoms with van der Waals surface area (Å²) in [6, 6.07) is 20.7. The van der Waals surface area contributed by atoms with E-state index in [1.807, 2.05) is 6.07 Å². The predicted octanol–water partition coefficient (Wildman–Crippen LogP) is 4.30. The molecule has 2 fully saturated rings. The maximum atomic E-state index is 13.5. The van der Waals surface area contributed by atoms with Crippen LogP contribution in [-0.2, 0) is 14.4 Å². The molecule has 2 saturated heterocycles. The summed E-state index contributed by atoms with van der Waals surface area (Å²) in [6.07, 6.45) is -1.05. The summed E-state index contributed by atoms with van der Waals surface area (Å²) in [4.78, 5) is 44.7. The SMILES string of the molecule is O=C1[C@@H]2[C@@H](c3cccc([N+](=O)[O-])c3)N(c3ccccc3)O[C@H]2C(=O)N1c1ccc(Cl)cc1. The van der Waals surface area contributed by atoms with Gasteiger partial charge in [-0.3, -0.25) is 24.5 Å². The Morgan fingerprint density at radius 3 is 2.28 bits per heavy atom. The highest BCUT2D eigenvalue weighted by atomic mass is 35.5. The number of halogens is 1. The van der Waals surface area contributed by atoms with Crippen LogP contribution in [0.3, 0.4) is 0 Å². The number of nitro groups is 1. The molecule has 2 aliphatic rings. The van der Waals surface area contributed by atoms with Crippen LogP contribution in [0.25, 0.3) is 0 Å². The van der Waals surface area contributed by atoms with E-state index in [2.05, 4.69) is 0 Å². The van der Waals surface area contributed by atoms with Crippen molar-refractivity contribution in [2.75, 3.05) is 9.96 Å². The van der Waals surface area contributed by atoms with Crippen LogP contribution in [0, 0.1) is 16.0 Å². The van der Waals surface area contributed by atoms with E-state index >= 15 is 0 Å². The molecule has 3 atom stereocenters. The molecular weight excluding hydrogens is 434 g/mol.